The van der Waals surface area contributed by atoms with E-state index in [2.05, 4.69) is 66.9 Å². The molecule has 1 aromatic heterocycles. The topological polar surface area (TPSA) is 62.7 Å². The standard InChI is InChI=1S/C18H18BrN5/c1-12-4-3-5-14(8-12)10-20-17-11-21-24-18(23-17)22-15-6-7-16(19)13(2)9-15/h3-9,11H,10H2,1-2H3,(H2,20,22,23,24). The molecule has 0 fully saturated rings. The molecule has 5 nitrogen and oxygen atoms in total. The number of hydrogen-bond acceptors (Lipinski definition) is 5. The first-order valence-electron chi connectivity index (χ1n) is 7.62. The fraction of sp³-hybridized carbons (Fsp3) is 0.167. The molecule has 0 radical (unpaired) electrons. The molecule has 0 saturated heterocycles. The van der Waals surface area contributed by atoms with Gasteiger partial charge in [0.05, 0.1) is 6.20 Å². The Balaban J connectivity index is 1.68. The average Bonchev–Trinajstić information content (AvgIpc) is 2.57. The summed E-state index contributed by atoms with van der Waals surface area (Å²) in [6.45, 7) is 4.81. The highest BCUT2D eigenvalue weighted by atomic mass is 79.9. The van der Waals surface area contributed by atoms with E-state index in [4.69, 9.17) is 0 Å². The highest BCUT2D eigenvalue weighted by Crippen LogP contribution is 2.21. The summed E-state index contributed by atoms with van der Waals surface area (Å²) in [4.78, 5) is 4.45. The predicted octanol–water partition coefficient (Wildman–Crippen LogP) is 4.61. The number of anilines is 3. The summed E-state index contributed by atoms with van der Waals surface area (Å²) in [6.07, 6.45) is 1.62. The zero-order valence-corrected chi connectivity index (χ0v) is 15.1. The minimum atomic E-state index is 0.464. The van der Waals surface area contributed by atoms with Crippen molar-refractivity contribution in [3.63, 3.8) is 0 Å². The van der Waals surface area contributed by atoms with Crippen LogP contribution in [-0.2, 0) is 6.54 Å². The number of halogens is 1. The maximum absolute atomic E-state index is 4.45. The van der Waals surface area contributed by atoms with Crippen molar-refractivity contribution in [3.05, 3.63) is 69.8 Å². The van der Waals surface area contributed by atoms with E-state index in [1.807, 2.05) is 31.2 Å². The second-order valence-electron chi connectivity index (χ2n) is 5.60. The van der Waals surface area contributed by atoms with Gasteiger partial charge in [0.1, 0.15) is 0 Å². The van der Waals surface area contributed by atoms with Crippen LogP contribution in [0.15, 0.2) is 53.1 Å². The van der Waals surface area contributed by atoms with E-state index in [9.17, 15) is 0 Å². The first kappa shape index (κ1) is 16.4. The van der Waals surface area contributed by atoms with Crippen molar-refractivity contribution in [3.8, 4) is 0 Å². The molecule has 24 heavy (non-hydrogen) atoms. The van der Waals surface area contributed by atoms with Crippen LogP contribution in [0.3, 0.4) is 0 Å². The summed E-state index contributed by atoms with van der Waals surface area (Å²) in [6, 6.07) is 14.3. The third-order valence-electron chi connectivity index (χ3n) is 3.53. The zero-order chi connectivity index (χ0) is 16.9. The molecule has 0 aliphatic rings. The smallest absolute Gasteiger partial charge is 0.249 e. The van der Waals surface area contributed by atoms with Gasteiger partial charge in [-0.3, -0.25) is 0 Å². The van der Waals surface area contributed by atoms with Crippen LogP contribution < -0.4 is 10.6 Å². The van der Waals surface area contributed by atoms with Gasteiger partial charge in [0.15, 0.2) is 5.82 Å². The van der Waals surface area contributed by atoms with E-state index in [1.54, 1.807) is 6.20 Å². The molecule has 0 bridgehead atoms. The van der Waals surface area contributed by atoms with Crippen molar-refractivity contribution >= 4 is 33.4 Å². The number of aryl methyl sites for hydroxylation is 2. The maximum atomic E-state index is 4.45. The molecule has 2 aromatic carbocycles. The highest BCUT2D eigenvalue weighted by Gasteiger charge is 2.03. The molecular weight excluding hydrogens is 366 g/mol. The van der Waals surface area contributed by atoms with Gasteiger partial charge in [-0.05, 0) is 43.2 Å². The molecule has 2 N–H and O–H groups in total. The fourth-order valence-corrected chi connectivity index (χ4v) is 2.55. The Morgan fingerprint density at radius 2 is 1.96 bits per heavy atom. The third-order valence-corrected chi connectivity index (χ3v) is 4.42. The summed E-state index contributed by atoms with van der Waals surface area (Å²) >= 11 is 3.49. The van der Waals surface area contributed by atoms with E-state index in [0.29, 0.717) is 18.3 Å². The van der Waals surface area contributed by atoms with E-state index in [0.717, 1.165) is 15.7 Å². The number of nitrogens with zero attached hydrogens (tertiary/aromatic N) is 3. The Hall–Kier alpha value is -2.47. The van der Waals surface area contributed by atoms with Gasteiger partial charge in [0.25, 0.3) is 0 Å². The van der Waals surface area contributed by atoms with Gasteiger partial charge in [0, 0.05) is 16.7 Å². The molecule has 0 spiro atoms. The summed E-state index contributed by atoms with van der Waals surface area (Å²) in [7, 11) is 0. The second-order valence-corrected chi connectivity index (χ2v) is 6.45. The fourth-order valence-electron chi connectivity index (χ4n) is 2.31. The van der Waals surface area contributed by atoms with Crippen molar-refractivity contribution in [2.75, 3.05) is 10.6 Å². The van der Waals surface area contributed by atoms with Crippen LogP contribution >= 0.6 is 15.9 Å². The Bertz CT molecular complexity index is 850. The molecule has 1 heterocycles. The first-order valence-corrected chi connectivity index (χ1v) is 8.42. The molecule has 6 heteroatoms. The summed E-state index contributed by atoms with van der Waals surface area (Å²) in [5.41, 5.74) is 4.50. The molecule has 0 atom stereocenters. The molecule has 0 saturated carbocycles. The molecule has 3 aromatic rings. The molecular formula is C18H18BrN5. The van der Waals surface area contributed by atoms with Crippen LogP contribution in [0.25, 0.3) is 0 Å². The largest absolute Gasteiger partial charge is 0.365 e. The quantitative estimate of drug-likeness (QED) is 0.673. The molecule has 0 amide bonds. The van der Waals surface area contributed by atoms with Gasteiger partial charge in [-0.1, -0.05) is 45.8 Å². The second kappa shape index (κ2) is 7.40. The lowest BCUT2D eigenvalue weighted by atomic mass is 10.1. The van der Waals surface area contributed by atoms with Gasteiger partial charge in [-0.15, -0.1) is 5.10 Å². The first-order chi connectivity index (χ1) is 11.6. The van der Waals surface area contributed by atoms with Gasteiger partial charge in [-0.2, -0.15) is 10.1 Å². The molecule has 0 unspecified atom stereocenters. The van der Waals surface area contributed by atoms with E-state index >= 15 is 0 Å². The predicted molar refractivity (Wildman–Crippen MR) is 100 cm³/mol. The Labute approximate surface area is 149 Å². The van der Waals surface area contributed by atoms with Crippen LogP contribution in [0.4, 0.5) is 17.5 Å². The average molecular weight is 384 g/mol. The van der Waals surface area contributed by atoms with Gasteiger partial charge >= 0.3 is 0 Å². The molecule has 122 valence electrons. The van der Waals surface area contributed by atoms with Crippen LogP contribution in [0.2, 0.25) is 0 Å². The van der Waals surface area contributed by atoms with E-state index < -0.39 is 0 Å². The lowest BCUT2D eigenvalue weighted by molar-refractivity contribution is 0.965. The normalized spacial score (nSPS) is 10.5. The van der Waals surface area contributed by atoms with Crippen LogP contribution in [0, 0.1) is 13.8 Å². The monoisotopic (exact) mass is 383 g/mol. The van der Waals surface area contributed by atoms with Crippen molar-refractivity contribution < 1.29 is 0 Å². The lowest BCUT2D eigenvalue weighted by Crippen LogP contribution is -2.05. The molecule has 0 aliphatic heterocycles. The highest BCUT2D eigenvalue weighted by molar-refractivity contribution is 9.10. The SMILES string of the molecule is Cc1cccc(CNc2cnnc(Nc3ccc(Br)c(C)c3)n2)c1. The minimum absolute atomic E-state index is 0.464. The Morgan fingerprint density at radius 3 is 2.75 bits per heavy atom. The summed E-state index contributed by atoms with van der Waals surface area (Å²) < 4.78 is 1.07. The minimum Gasteiger partial charge on any atom is -0.365 e. The van der Waals surface area contributed by atoms with Crippen LogP contribution in [0.5, 0.6) is 0 Å². The summed E-state index contributed by atoms with van der Waals surface area (Å²) in [5.74, 6) is 1.15. The van der Waals surface area contributed by atoms with Crippen molar-refractivity contribution in [2.24, 2.45) is 0 Å². The number of nitrogens with one attached hydrogen (secondary N) is 2. The number of hydrogen-bond donors (Lipinski definition) is 2. The van der Waals surface area contributed by atoms with Gasteiger partial charge in [0.2, 0.25) is 5.95 Å². The van der Waals surface area contributed by atoms with Crippen molar-refractivity contribution in [1.29, 1.82) is 0 Å². The van der Waals surface area contributed by atoms with Crippen LogP contribution in [-0.4, -0.2) is 15.2 Å². The van der Waals surface area contributed by atoms with E-state index in [1.165, 1.54) is 11.1 Å². The van der Waals surface area contributed by atoms with Crippen LogP contribution in [0.1, 0.15) is 16.7 Å². The Kier molecular flexibility index (Phi) is 5.05. The molecule has 3 rings (SSSR count). The number of aromatic nitrogens is 3. The van der Waals surface area contributed by atoms with Gasteiger partial charge in [-0.25, -0.2) is 0 Å². The van der Waals surface area contributed by atoms with E-state index in [-0.39, 0.29) is 0 Å². The lowest BCUT2D eigenvalue weighted by Gasteiger charge is -2.09. The molecule has 0 aliphatic carbocycles. The maximum Gasteiger partial charge on any atom is 0.249 e. The van der Waals surface area contributed by atoms with Crippen molar-refractivity contribution in [2.45, 2.75) is 20.4 Å². The number of benzene rings is 2. The van der Waals surface area contributed by atoms with Gasteiger partial charge < -0.3 is 10.6 Å². The number of rotatable bonds is 5. The summed E-state index contributed by atoms with van der Waals surface area (Å²) in [5, 5.41) is 14.5. The van der Waals surface area contributed by atoms with Crippen molar-refractivity contribution in [1.82, 2.24) is 15.2 Å². The Morgan fingerprint density at radius 1 is 1.08 bits per heavy atom. The zero-order valence-electron chi connectivity index (χ0n) is 13.5. The third kappa shape index (κ3) is 4.29.